The van der Waals surface area contributed by atoms with Gasteiger partial charge in [0.25, 0.3) is 0 Å². The van der Waals surface area contributed by atoms with E-state index in [-0.39, 0.29) is 11.8 Å². The van der Waals surface area contributed by atoms with Crippen LogP contribution in [0.5, 0.6) is 5.75 Å². The van der Waals surface area contributed by atoms with E-state index in [9.17, 15) is 4.79 Å². The Morgan fingerprint density at radius 2 is 1.71 bits per heavy atom. The maximum Gasteiger partial charge on any atom is 0.226 e. The molecule has 1 amide bonds. The van der Waals surface area contributed by atoms with Gasteiger partial charge in [0.1, 0.15) is 5.75 Å². The van der Waals surface area contributed by atoms with Gasteiger partial charge in [-0.2, -0.15) is 0 Å². The second kappa shape index (κ2) is 16.3. The zero-order chi connectivity index (χ0) is 25.5. The maximum absolute atomic E-state index is 11.6. The second-order valence-electron chi connectivity index (χ2n) is 9.63. The molecule has 1 N–H and O–H groups in total. The van der Waals surface area contributed by atoms with Crippen molar-refractivity contribution in [2.24, 2.45) is 5.92 Å². The van der Waals surface area contributed by atoms with Gasteiger partial charge in [-0.3, -0.25) is 4.79 Å². The minimum absolute atomic E-state index is 0.0206. The van der Waals surface area contributed by atoms with E-state index in [1.165, 1.54) is 36.1 Å². The molecule has 4 nitrogen and oxygen atoms in total. The Morgan fingerprint density at radius 3 is 2.32 bits per heavy atom. The molecule has 4 heteroatoms. The summed E-state index contributed by atoms with van der Waals surface area (Å²) >= 11 is 0. The normalized spacial score (nSPS) is 11.7. The summed E-state index contributed by atoms with van der Waals surface area (Å²) in [7, 11) is 2.17. The lowest BCUT2D eigenvalue weighted by Crippen LogP contribution is -2.18. The van der Waals surface area contributed by atoms with Crippen molar-refractivity contribution >= 4 is 11.6 Å². The Hall–Kier alpha value is -2.33. The molecule has 2 aromatic carbocycles. The summed E-state index contributed by atoms with van der Waals surface area (Å²) in [5, 5.41) is 2.92. The highest BCUT2D eigenvalue weighted by Crippen LogP contribution is 2.22. The van der Waals surface area contributed by atoms with Gasteiger partial charge in [0.05, 0.1) is 6.61 Å². The van der Waals surface area contributed by atoms with Crippen molar-refractivity contribution in [3.05, 3.63) is 59.2 Å². The van der Waals surface area contributed by atoms with Crippen LogP contribution in [0.3, 0.4) is 0 Å². The summed E-state index contributed by atoms with van der Waals surface area (Å²) in [6, 6.07) is 14.4. The Balaban J connectivity index is 0.000000342. The molecule has 0 aliphatic heterocycles. The molecule has 0 aliphatic carbocycles. The predicted molar refractivity (Wildman–Crippen MR) is 147 cm³/mol. The smallest absolute Gasteiger partial charge is 0.226 e. The first kappa shape index (κ1) is 29.7. The number of carbonyl (C=O) groups excluding carboxylic acids is 1. The zero-order valence-electron chi connectivity index (χ0n) is 22.9. The molecule has 1 atom stereocenters. The number of hydrogen-bond acceptors (Lipinski definition) is 3. The highest BCUT2D eigenvalue weighted by molar-refractivity contribution is 5.92. The molecule has 0 aliphatic rings. The molecule has 0 fully saturated rings. The molecular formula is C30H48N2O2. The fourth-order valence-corrected chi connectivity index (χ4v) is 3.26. The van der Waals surface area contributed by atoms with Gasteiger partial charge in [-0.05, 0) is 107 Å². The van der Waals surface area contributed by atoms with E-state index < -0.39 is 0 Å². The van der Waals surface area contributed by atoms with Gasteiger partial charge in [-0.25, -0.2) is 0 Å². The molecule has 0 saturated heterocycles. The van der Waals surface area contributed by atoms with E-state index in [0.717, 1.165) is 37.4 Å². The van der Waals surface area contributed by atoms with Crippen molar-refractivity contribution in [3.8, 4) is 5.75 Å². The summed E-state index contributed by atoms with van der Waals surface area (Å²) in [5.74, 6) is 1.63. The number of nitrogens with one attached hydrogen (secondary N) is 1. The van der Waals surface area contributed by atoms with Crippen molar-refractivity contribution in [2.75, 3.05) is 32.1 Å². The Bertz CT molecular complexity index is 847. The van der Waals surface area contributed by atoms with Gasteiger partial charge in [0.2, 0.25) is 5.91 Å². The minimum atomic E-state index is 0.0206. The first-order chi connectivity index (χ1) is 16.2. The van der Waals surface area contributed by atoms with Crippen LogP contribution in [-0.4, -0.2) is 37.6 Å². The third-order valence-electron chi connectivity index (χ3n) is 6.33. The second-order valence-corrected chi connectivity index (χ2v) is 9.63. The first-order valence-electron chi connectivity index (χ1n) is 13.0. The number of nitrogens with zero attached hydrogens (tertiary/aromatic N) is 1. The van der Waals surface area contributed by atoms with E-state index in [2.05, 4.69) is 82.2 Å². The quantitative estimate of drug-likeness (QED) is 0.326. The summed E-state index contributed by atoms with van der Waals surface area (Å²) in [4.78, 5) is 13.9. The number of carbonyl (C=O) groups is 1. The molecule has 2 aromatic rings. The average molecular weight is 469 g/mol. The molecule has 0 spiro atoms. The molecule has 0 radical (unpaired) electrons. The fraction of sp³-hybridized carbons (Fsp3) is 0.567. The number of rotatable bonds is 12. The van der Waals surface area contributed by atoms with Crippen molar-refractivity contribution in [2.45, 2.75) is 80.1 Å². The fourth-order valence-electron chi connectivity index (χ4n) is 3.26. The monoisotopic (exact) mass is 468 g/mol. The molecule has 0 bridgehead atoms. The van der Waals surface area contributed by atoms with Crippen LogP contribution in [0, 0.1) is 19.8 Å². The molecule has 190 valence electrons. The largest absolute Gasteiger partial charge is 0.494 e. The predicted octanol–water partition coefficient (Wildman–Crippen LogP) is 7.60. The molecule has 0 heterocycles. The molecule has 2 rings (SSSR count). The molecule has 34 heavy (non-hydrogen) atoms. The summed E-state index contributed by atoms with van der Waals surface area (Å²) in [6.45, 7) is 17.8. The summed E-state index contributed by atoms with van der Waals surface area (Å²) in [5.41, 5.74) is 4.81. The van der Waals surface area contributed by atoms with E-state index in [0.29, 0.717) is 5.92 Å². The minimum Gasteiger partial charge on any atom is -0.494 e. The van der Waals surface area contributed by atoms with Gasteiger partial charge < -0.3 is 15.0 Å². The van der Waals surface area contributed by atoms with Crippen molar-refractivity contribution in [1.29, 1.82) is 0 Å². The number of benzene rings is 2. The lowest BCUT2D eigenvalue weighted by molar-refractivity contribution is -0.118. The number of unbranched alkanes of at least 4 members (excludes halogenated alkanes) is 2. The highest BCUT2D eigenvalue weighted by atomic mass is 16.5. The zero-order valence-corrected chi connectivity index (χ0v) is 22.9. The Morgan fingerprint density at radius 1 is 0.971 bits per heavy atom. The van der Waals surface area contributed by atoms with Gasteiger partial charge >= 0.3 is 0 Å². The molecule has 0 aromatic heterocycles. The van der Waals surface area contributed by atoms with E-state index in [4.69, 9.17) is 4.74 Å². The number of ether oxygens (including phenoxy) is 1. The Kier molecular flexibility index (Phi) is 14.3. The Labute approximate surface area is 209 Å². The summed E-state index contributed by atoms with van der Waals surface area (Å²) < 4.78 is 5.76. The van der Waals surface area contributed by atoms with Crippen LogP contribution in [0.15, 0.2) is 42.5 Å². The number of hydrogen-bond donors (Lipinski definition) is 1. The first-order valence-corrected chi connectivity index (χ1v) is 13.0. The van der Waals surface area contributed by atoms with Gasteiger partial charge in [-0.1, -0.05) is 52.8 Å². The van der Waals surface area contributed by atoms with Gasteiger partial charge in [-0.15, -0.1) is 0 Å². The van der Waals surface area contributed by atoms with Crippen molar-refractivity contribution in [3.63, 3.8) is 0 Å². The average Bonchev–Trinajstić information content (AvgIpc) is 2.83. The number of anilines is 1. The topological polar surface area (TPSA) is 41.6 Å². The lowest BCUT2D eigenvalue weighted by Gasteiger charge is -2.13. The number of aryl methyl sites for hydroxylation is 2. The van der Waals surface area contributed by atoms with Crippen molar-refractivity contribution < 1.29 is 9.53 Å². The summed E-state index contributed by atoms with van der Waals surface area (Å²) in [6.07, 6.45) is 4.77. The van der Waals surface area contributed by atoms with Crippen LogP contribution in [-0.2, 0) is 4.79 Å². The van der Waals surface area contributed by atoms with Crippen molar-refractivity contribution in [1.82, 2.24) is 4.90 Å². The SMILES string of the molecule is CCC(C)c1cccc(NC(=O)C(C)C)c1.CCN(C)CCCCCOc1ccc(C)c(C)c1. The van der Waals surface area contributed by atoms with Gasteiger partial charge in [0, 0.05) is 11.6 Å². The van der Waals surface area contributed by atoms with Crippen LogP contribution in [0.1, 0.15) is 82.9 Å². The van der Waals surface area contributed by atoms with E-state index in [1.54, 1.807) is 0 Å². The lowest BCUT2D eigenvalue weighted by atomic mass is 9.98. The van der Waals surface area contributed by atoms with Crippen LogP contribution < -0.4 is 10.1 Å². The standard InChI is InChI=1S/C16H27NO.C14H21NO/c1-5-17(4)11-7-6-8-12-18-16-10-9-14(2)15(3)13-16;1-5-11(4)12-7-6-8-13(9-12)15-14(16)10(2)3/h9-10,13H,5-8,11-12H2,1-4H3;6-11H,5H2,1-4H3,(H,15,16). The van der Waals surface area contributed by atoms with E-state index in [1.807, 2.05) is 26.0 Å². The van der Waals surface area contributed by atoms with Crippen LogP contribution in [0.25, 0.3) is 0 Å². The molecular weight excluding hydrogens is 420 g/mol. The van der Waals surface area contributed by atoms with Crippen LogP contribution in [0.4, 0.5) is 5.69 Å². The van der Waals surface area contributed by atoms with E-state index >= 15 is 0 Å². The van der Waals surface area contributed by atoms with Crippen LogP contribution >= 0.6 is 0 Å². The van der Waals surface area contributed by atoms with Gasteiger partial charge in [0.15, 0.2) is 0 Å². The third kappa shape index (κ3) is 11.7. The maximum atomic E-state index is 11.6. The van der Waals surface area contributed by atoms with Crippen LogP contribution in [0.2, 0.25) is 0 Å². The number of amides is 1. The third-order valence-corrected chi connectivity index (χ3v) is 6.33. The molecule has 1 unspecified atom stereocenters. The molecule has 0 saturated carbocycles. The highest BCUT2D eigenvalue weighted by Gasteiger charge is 2.08.